The molecule has 0 saturated carbocycles. The number of hydrogen-bond acceptors (Lipinski definition) is 14. The molecule has 20 nitrogen and oxygen atoms in total. The van der Waals surface area contributed by atoms with Crippen LogP contribution in [0.2, 0.25) is 0 Å². The predicted octanol–water partition coefficient (Wildman–Crippen LogP) is 5.92. The van der Waals surface area contributed by atoms with Crippen molar-refractivity contribution in [2.75, 3.05) is 26.2 Å². The van der Waals surface area contributed by atoms with Crippen LogP contribution in [0.4, 0.5) is 0 Å². The average Bonchev–Trinajstić information content (AvgIpc) is 4.08. The third-order valence-corrected chi connectivity index (χ3v) is 11.5. The fourth-order valence-electron chi connectivity index (χ4n) is 7.71. The van der Waals surface area contributed by atoms with E-state index >= 15 is 0 Å². The number of amides is 6. The Morgan fingerprint density at radius 3 is 0.957 bits per heavy atom. The summed E-state index contributed by atoms with van der Waals surface area (Å²) in [6, 6.07) is -2.64. The summed E-state index contributed by atoms with van der Waals surface area (Å²) in [7, 11) is 7.36. The largest absolute Gasteiger partial charge is 0.421 e. The predicted molar refractivity (Wildman–Crippen MR) is 265 cm³/mol. The Morgan fingerprint density at radius 2 is 0.700 bits per heavy atom. The van der Waals surface area contributed by atoms with Crippen molar-refractivity contribution in [3.8, 4) is 0 Å². The van der Waals surface area contributed by atoms with Gasteiger partial charge in [-0.2, -0.15) is 0 Å². The zero-order valence-electron chi connectivity index (χ0n) is 40.5. The van der Waals surface area contributed by atoms with Gasteiger partial charge in [-0.05, 0) is 51.4 Å². The molecule has 398 valence electrons. The van der Waals surface area contributed by atoms with E-state index in [0.29, 0.717) is 51.6 Å². The molecule has 0 aliphatic carbocycles. The van der Waals surface area contributed by atoms with E-state index < -0.39 is 114 Å². The molecule has 2 unspecified atom stereocenters. The van der Waals surface area contributed by atoms with Gasteiger partial charge in [0, 0.05) is 69.2 Å². The summed E-state index contributed by atoms with van der Waals surface area (Å²) in [5, 5.41) is 8.28. The number of aromatic nitrogens is 2. The minimum absolute atomic E-state index is 0. The summed E-state index contributed by atoms with van der Waals surface area (Å²) >= 11 is 0. The van der Waals surface area contributed by atoms with Crippen molar-refractivity contribution in [3.63, 3.8) is 0 Å². The van der Waals surface area contributed by atoms with Crippen molar-refractivity contribution >= 4 is 89.2 Å². The summed E-state index contributed by atoms with van der Waals surface area (Å²) < 4.78 is 15.0. The molecule has 0 bridgehead atoms. The van der Waals surface area contributed by atoms with Gasteiger partial charge in [-0.15, -0.1) is 10.2 Å². The maximum atomic E-state index is 12.7. The number of carbonyl (C=O) groups is 10. The van der Waals surface area contributed by atoms with Crippen molar-refractivity contribution in [3.05, 3.63) is 11.8 Å². The molecule has 23 heteroatoms. The second-order valence-corrected chi connectivity index (χ2v) is 23.6. The highest BCUT2D eigenvalue weighted by Gasteiger charge is 2.45. The number of likely N-dealkylation sites (tertiary alicyclic amines) is 4. The van der Waals surface area contributed by atoms with Crippen LogP contribution in [0.3, 0.4) is 0 Å². The molecular formula is C47H78Cl2N8O12S. The number of halogens is 2. The quantitative estimate of drug-likeness (QED) is 0.174. The lowest BCUT2D eigenvalue weighted by molar-refractivity contribution is -0.152. The third-order valence-electron chi connectivity index (χ3n) is 11.5. The average molecular weight is 1050 g/mol. The van der Waals surface area contributed by atoms with Crippen molar-refractivity contribution < 1.29 is 56.6 Å². The molecule has 5 rings (SSSR count). The fourth-order valence-corrected chi connectivity index (χ4v) is 7.71. The van der Waals surface area contributed by atoms with Crippen LogP contribution in [-0.2, 0) is 57.2 Å². The number of hydrogen-bond donors (Lipinski definition) is 2. The molecule has 4 aliphatic heterocycles. The molecule has 6 amide bonds. The van der Waals surface area contributed by atoms with Crippen molar-refractivity contribution in [2.24, 2.45) is 21.7 Å². The van der Waals surface area contributed by atoms with E-state index in [1.165, 1.54) is 19.6 Å². The third kappa shape index (κ3) is 16.7. The monoisotopic (exact) mass is 1050 g/mol. The van der Waals surface area contributed by atoms with Gasteiger partial charge in [0.1, 0.15) is 24.2 Å². The van der Waals surface area contributed by atoms with Crippen LogP contribution in [0.15, 0.2) is 4.42 Å². The van der Waals surface area contributed by atoms with Crippen LogP contribution in [-0.4, -0.2) is 131 Å². The van der Waals surface area contributed by atoms with Gasteiger partial charge in [-0.1, -0.05) is 105 Å². The van der Waals surface area contributed by atoms with Gasteiger partial charge in [0.2, 0.25) is 44.1 Å². The van der Waals surface area contributed by atoms with Crippen molar-refractivity contribution in [1.29, 1.82) is 0 Å². The van der Waals surface area contributed by atoms with E-state index in [2.05, 4.69) is 42.4 Å². The topological polar surface area (TPSA) is 264 Å². The molecule has 1 aromatic rings. The number of nitrogens with zero attached hydrogens (tertiary/aromatic N) is 6. The van der Waals surface area contributed by atoms with Gasteiger partial charge >= 0.3 is 0 Å². The molecule has 0 aromatic carbocycles. The molecule has 5 heterocycles. The lowest BCUT2D eigenvalue weighted by atomic mass is 9.90. The smallest absolute Gasteiger partial charge is 0.291 e. The molecule has 70 heavy (non-hydrogen) atoms. The fraction of sp³-hybridized carbons (Fsp3) is 0.745. The van der Waals surface area contributed by atoms with E-state index in [-0.39, 0.29) is 47.2 Å². The summed E-state index contributed by atoms with van der Waals surface area (Å²) in [5.74, 6) is -5.24. The maximum absolute atomic E-state index is 12.7. The first-order chi connectivity index (χ1) is 30.7. The highest BCUT2D eigenvalue weighted by atomic mass is 36.0. The molecule has 1 aromatic heterocycles. The zero-order chi connectivity index (χ0) is 51.1. The zero-order valence-corrected chi connectivity index (χ0v) is 42.9. The van der Waals surface area contributed by atoms with Crippen LogP contribution in [0.5, 0.6) is 0 Å². The Hall–Kier alpha value is -4.63. The van der Waals surface area contributed by atoms with Crippen molar-refractivity contribution in [1.82, 2.24) is 40.6 Å². The molecular weight excluding hydrogens is 972 g/mol. The minimum atomic E-state index is -1.67. The van der Waals surface area contributed by atoms with Gasteiger partial charge in [-0.25, -0.2) is 4.21 Å². The van der Waals surface area contributed by atoms with Crippen LogP contribution in [0.1, 0.15) is 181 Å². The van der Waals surface area contributed by atoms with E-state index in [9.17, 15) is 47.9 Å². The van der Waals surface area contributed by atoms with Crippen LogP contribution in [0.25, 0.3) is 0 Å². The summed E-state index contributed by atoms with van der Waals surface area (Å²) in [5.41, 5.74) is 1.37. The molecule has 4 fully saturated rings. The summed E-state index contributed by atoms with van der Waals surface area (Å²) in [6.45, 7) is 21.6. The van der Waals surface area contributed by atoms with Crippen LogP contribution in [0, 0.1) is 21.7 Å². The van der Waals surface area contributed by atoms with Crippen molar-refractivity contribution in [2.45, 2.75) is 181 Å². The van der Waals surface area contributed by atoms with E-state index in [4.69, 9.17) is 8.63 Å². The van der Waals surface area contributed by atoms with Gasteiger partial charge in [0.15, 0.2) is 0 Å². The Kier molecular flexibility index (Phi) is 24.4. The number of nitrogens with one attached hydrogen (secondary N) is 2. The Labute approximate surface area is 425 Å². The second kappa shape index (κ2) is 26.2. The first-order valence-electron chi connectivity index (χ1n) is 22.3. The molecule has 4 saturated heterocycles. The normalized spacial score (nSPS) is 20.0. The van der Waals surface area contributed by atoms with E-state index in [1.54, 1.807) is 83.1 Å². The Balaban J connectivity index is 0.00000121. The lowest BCUT2D eigenvalue weighted by Crippen LogP contribution is -2.57. The number of carbonyl (C=O) groups excluding carboxylic acids is 10. The van der Waals surface area contributed by atoms with E-state index in [0.717, 1.165) is 12.8 Å². The summed E-state index contributed by atoms with van der Waals surface area (Å²) in [6.07, 6.45) is 4.60. The van der Waals surface area contributed by atoms with E-state index in [1.807, 2.05) is 0 Å². The molecule has 0 radical (unpaired) electrons. The highest BCUT2D eigenvalue weighted by Crippen LogP contribution is 2.37. The standard InChI is InChI=1S/C22H34N4O6.C22H32N4O5.3CH4.Cl2OS/c1-21(2,3)15(27)19(31)25-11-7-9-13(25)17(29)23-24-18(30)14-10-8-12-26(14)20(32)16(28)22(4,5)6;1-21(2,3)15(27)19(29)25-11-7-9-13(25)17-23-24-18(31-17)14-10-8-12-26(14)20(30)16(28)22(4,5)6;;;;1-4(2)3/h13-14H,7-12H2,1-6H3,(H,23,29)(H,24,30);13-14H,7-12H2,1-6H3;3*1H4;/t2*13-,14?;;;;/m00..../s1. The van der Waals surface area contributed by atoms with Gasteiger partial charge in [-0.3, -0.25) is 58.8 Å². The maximum Gasteiger partial charge on any atom is 0.291 e. The molecule has 4 aliphatic rings. The second-order valence-electron chi connectivity index (χ2n) is 21.1. The van der Waals surface area contributed by atoms with Gasteiger partial charge < -0.3 is 24.0 Å². The van der Waals surface area contributed by atoms with Gasteiger partial charge in [0.05, 0.1) is 0 Å². The Bertz CT molecular complexity index is 1980. The lowest BCUT2D eigenvalue weighted by Gasteiger charge is -2.28. The molecule has 4 atom stereocenters. The number of Topliss-reactive ketones (excluding diaryl/α,β-unsaturated/α-hetero) is 4. The van der Waals surface area contributed by atoms with Crippen LogP contribution < -0.4 is 10.9 Å². The van der Waals surface area contributed by atoms with Gasteiger partial charge in [0.25, 0.3) is 35.4 Å². The number of rotatable bonds is 8. The SMILES string of the molecule is C.C.C.CC(C)(C)C(=O)C(=O)N1CCCC1C(=O)NNC(=O)[C@@H]1CCCN1C(=O)C(=O)C(C)(C)C.CC(C)(C)C(=O)C(=O)N1CCCC1c1nnc([C@@H]2CCCN2C(=O)C(=O)C(C)(C)C)o1.O=S(Cl)Cl. The molecule has 2 N–H and O–H groups in total. The first-order valence-corrected chi connectivity index (χ1v) is 25.1. The number of ketones is 4. The molecule has 0 spiro atoms. The highest BCUT2D eigenvalue weighted by molar-refractivity contribution is 8.26. The number of hydrazine groups is 1. The Morgan fingerprint density at radius 1 is 0.471 bits per heavy atom. The first kappa shape index (κ1) is 65.4. The van der Waals surface area contributed by atoms with Crippen LogP contribution >= 0.6 is 21.4 Å². The summed E-state index contributed by atoms with van der Waals surface area (Å²) in [4.78, 5) is 131. The minimum Gasteiger partial charge on any atom is -0.421 e.